The second-order valence-electron chi connectivity index (χ2n) is 4.49. The van der Waals surface area contributed by atoms with Gasteiger partial charge < -0.3 is 10.1 Å². The van der Waals surface area contributed by atoms with Crippen molar-refractivity contribution in [2.75, 3.05) is 7.11 Å². The fourth-order valence-electron chi connectivity index (χ4n) is 1.83. The maximum Gasteiger partial charge on any atom is 0.455 e. The number of carbonyl (C=O) groups excluding carboxylic acids is 2. The first-order chi connectivity index (χ1) is 10.8. The molecule has 0 aliphatic rings. The van der Waals surface area contributed by atoms with Gasteiger partial charge in [0.25, 0.3) is 11.7 Å². The van der Waals surface area contributed by atoms with Gasteiger partial charge >= 0.3 is 6.18 Å². The van der Waals surface area contributed by atoms with E-state index in [0.717, 1.165) is 11.6 Å². The standard InChI is InChI=1S/C15H12F3NO3S/c1-22-10-5-3-2-4-9(10)8-19-14(21)12-7-6-11(23-12)13(20)15(16,17)18/h2-7H,8H2,1H3,(H,19,21). The number of methoxy groups -OCH3 is 1. The number of carbonyl (C=O) groups is 2. The highest BCUT2D eigenvalue weighted by molar-refractivity contribution is 7.16. The quantitative estimate of drug-likeness (QED) is 0.846. The number of benzene rings is 1. The van der Waals surface area contributed by atoms with Crippen LogP contribution in [-0.2, 0) is 6.54 Å². The lowest BCUT2D eigenvalue weighted by molar-refractivity contribution is -0.0882. The van der Waals surface area contributed by atoms with E-state index in [-0.39, 0.29) is 11.4 Å². The Labute approximate surface area is 133 Å². The largest absolute Gasteiger partial charge is 0.496 e. The lowest BCUT2D eigenvalue weighted by atomic mass is 10.2. The molecule has 1 N–H and O–H groups in total. The van der Waals surface area contributed by atoms with Crippen molar-refractivity contribution in [2.45, 2.75) is 12.7 Å². The third kappa shape index (κ3) is 4.10. The molecule has 0 saturated carbocycles. The molecule has 1 aromatic heterocycles. The monoisotopic (exact) mass is 343 g/mol. The third-order valence-corrected chi connectivity index (χ3v) is 4.03. The summed E-state index contributed by atoms with van der Waals surface area (Å²) in [5.41, 5.74) is 0.728. The molecule has 122 valence electrons. The van der Waals surface area contributed by atoms with Crippen LogP contribution in [0.4, 0.5) is 13.2 Å². The van der Waals surface area contributed by atoms with E-state index in [4.69, 9.17) is 4.74 Å². The van der Waals surface area contributed by atoms with E-state index in [2.05, 4.69) is 5.32 Å². The molecule has 0 radical (unpaired) electrons. The van der Waals surface area contributed by atoms with Crippen molar-refractivity contribution in [3.05, 3.63) is 51.7 Å². The van der Waals surface area contributed by atoms with Crippen molar-refractivity contribution in [3.8, 4) is 5.75 Å². The number of para-hydroxylation sites is 1. The van der Waals surface area contributed by atoms with Gasteiger partial charge in [-0.05, 0) is 18.2 Å². The Balaban J connectivity index is 2.05. The molecule has 0 unspecified atom stereocenters. The molecular formula is C15H12F3NO3S. The number of hydrogen-bond acceptors (Lipinski definition) is 4. The van der Waals surface area contributed by atoms with Gasteiger partial charge in [-0.1, -0.05) is 18.2 Å². The van der Waals surface area contributed by atoms with Crippen molar-refractivity contribution in [1.82, 2.24) is 5.32 Å². The summed E-state index contributed by atoms with van der Waals surface area (Å²) in [6.07, 6.45) is -4.95. The fourth-order valence-corrected chi connectivity index (χ4v) is 2.72. The smallest absolute Gasteiger partial charge is 0.455 e. The summed E-state index contributed by atoms with van der Waals surface area (Å²) in [6, 6.07) is 9.23. The average molecular weight is 343 g/mol. The summed E-state index contributed by atoms with van der Waals surface area (Å²) in [4.78, 5) is 22.6. The maximum absolute atomic E-state index is 12.3. The Morgan fingerprint density at radius 2 is 1.78 bits per heavy atom. The summed E-state index contributed by atoms with van der Waals surface area (Å²) in [5.74, 6) is -1.92. The highest BCUT2D eigenvalue weighted by Gasteiger charge is 2.40. The van der Waals surface area contributed by atoms with Crippen molar-refractivity contribution < 1.29 is 27.5 Å². The number of ether oxygens (including phenoxy) is 1. The Bertz CT molecular complexity index is 725. The van der Waals surface area contributed by atoms with Gasteiger partial charge in [-0.25, -0.2) is 0 Å². The van der Waals surface area contributed by atoms with E-state index in [9.17, 15) is 22.8 Å². The van der Waals surface area contributed by atoms with E-state index in [1.54, 1.807) is 24.3 Å². The topological polar surface area (TPSA) is 55.4 Å². The molecule has 4 nitrogen and oxygen atoms in total. The lowest BCUT2D eigenvalue weighted by Crippen LogP contribution is -2.22. The Morgan fingerprint density at radius 3 is 2.43 bits per heavy atom. The van der Waals surface area contributed by atoms with Gasteiger partial charge in [-0.15, -0.1) is 11.3 Å². The molecule has 1 heterocycles. The van der Waals surface area contributed by atoms with Crippen LogP contribution in [0.1, 0.15) is 24.9 Å². The molecule has 2 rings (SSSR count). The van der Waals surface area contributed by atoms with Gasteiger partial charge in [0.05, 0.1) is 16.9 Å². The summed E-state index contributed by atoms with van der Waals surface area (Å²) in [7, 11) is 1.49. The first-order valence-electron chi connectivity index (χ1n) is 6.44. The normalized spacial score (nSPS) is 11.1. The molecule has 1 amide bonds. The van der Waals surface area contributed by atoms with Crippen LogP contribution in [0.15, 0.2) is 36.4 Å². The first kappa shape index (κ1) is 17.0. The Hall–Kier alpha value is -2.35. The van der Waals surface area contributed by atoms with Crippen LogP contribution < -0.4 is 10.1 Å². The first-order valence-corrected chi connectivity index (χ1v) is 7.26. The number of amides is 1. The van der Waals surface area contributed by atoms with Gasteiger partial charge in [0.2, 0.25) is 0 Å². The Morgan fingerprint density at radius 1 is 1.13 bits per heavy atom. The number of hydrogen-bond donors (Lipinski definition) is 1. The molecule has 0 fully saturated rings. The molecule has 0 spiro atoms. The summed E-state index contributed by atoms with van der Waals surface area (Å²) in [5, 5.41) is 2.58. The summed E-state index contributed by atoms with van der Waals surface area (Å²) >= 11 is 0.508. The number of thiophene rings is 1. The van der Waals surface area contributed by atoms with Crippen LogP contribution in [0.3, 0.4) is 0 Å². The van der Waals surface area contributed by atoms with Gasteiger partial charge in [0.15, 0.2) is 0 Å². The minimum absolute atomic E-state index is 0.0347. The lowest BCUT2D eigenvalue weighted by Gasteiger charge is -2.08. The minimum Gasteiger partial charge on any atom is -0.496 e. The number of rotatable bonds is 5. The Kier molecular flexibility index (Phi) is 5.05. The molecule has 1 aromatic carbocycles. The van der Waals surface area contributed by atoms with Crippen LogP contribution >= 0.6 is 11.3 Å². The number of Topliss-reactive ketones (excluding diaryl/α,β-unsaturated/α-hetero) is 1. The van der Waals surface area contributed by atoms with E-state index in [0.29, 0.717) is 17.1 Å². The second kappa shape index (κ2) is 6.82. The van der Waals surface area contributed by atoms with Gasteiger partial charge in [0.1, 0.15) is 5.75 Å². The van der Waals surface area contributed by atoms with E-state index in [1.807, 2.05) is 0 Å². The van der Waals surface area contributed by atoms with Crippen LogP contribution in [0.5, 0.6) is 5.75 Å². The molecule has 23 heavy (non-hydrogen) atoms. The van der Waals surface area contributed by atoms with E-state index >= 15 is 0 Å². The van der Waals surface area contributed by atoms with Crippen LogP contribution in [0.2, 0.25) is 0 Å². The van der Waals surface area contributed by atoms with Crippen LogP contribution in [-0.4, -0.2) is 25.0 Å². The van der Waals surface area contributed by atoms with Gasteiger partial charge in [-0.2, -0.15) is 13.2 Å². The van der Waals surface area contributed by atoms with Crippen LogP contribution in [0.25, 0.3) is 0 Å². The number of alkyl halides is 3. The van der Waals surface area contributed by atoms with E-state index < -0.39 is 22.7 Å². The van der Waals surface area contributed by atoms with Crippen molar-refractivity contribution in [1.29, 1.82) is 0 Å². The molecule has 0 bridgehead atoms. The van der Waals surface area contributed by atoms with E-state index in [1.165, 1.54) is 13.2 Å². The maximum atomic E-state index is 12.3. The summed E-state index contributed by atoms with van der Waals surface area (Å²) in [6.45, 7) is 0.156. The fraction of sp³-hybridized carbons (Fsp3) is 0.200. The summed E-state index contributed by atoms with van der Waals surface area (Å²) < 4.78 is 42.2. The molecule has 0 aliphatic carbocycles. The predicted molar refractivity (Wildman–Crippen MR) is 78.9 cm³/mol. The van der Waals surface area contributed by atoms with Crippen molar-refractivity contribution in [2.24, 2.45) is 0 Å². The molecule has 2 aromatic rings. The van der Waals surface area contributed by atoms with Crippen molar-refractivity contribution in [3.63, 3.8) is 0 Å². The molecule has 0 saturated heterocycles. The highest BCUT2D eigenvalue weighted by atomic mass is 32.1. The molecule has 0 aliphatic heterocycles. The van der Waals surface area contributed by atoms with Crippen LogP contribution in [0, 0.1) is 0 Å². The third-order valence-electron chi connectivity index (χ3n) is 2.94. The highest BCUT2D eigenvalue weighted by Crippen LogP contribution is 2.26. The van der Waals surface area contributed by atoms with Gasteiger partial charge in [-0.3, -0.25) is 9.59 Å². The zero-order valence-corrected chi connectivity index (χ0v) is 12.8. The number of halogens is 3. The van der Waals surface area contributed by atoms with Gasteiger partial charge in [0, 0.05) is 12.1 Å². The predicted octanol–water partition coefficient (Wildman–Crippen LogP) is 3.43. The molecular weight excluding hydrogens is 331 g/mol. The molecule has 8 heteroatoms. The SMILES string of the molecule is COc1ccccc1CNC(=O)c1ccc(C(=O)C(F)(F)F)s1. The molecule has 0 atom stereocenters. The minimum atomic E-state index is -4.95. The second-order valence-corrected chi connectivity index (χ2v) is 5.57. The van der Waals surface area contributed by atoms with Crippen molar-refractivity contribution >= 4 is 23.0 Å². The zero-order valence-electron chi connectivity index (χ0n) is 11.9. The number of nitrogens with one attached hydrogen (secondary N) is 1. The number of ketones is 1. The average Bonchev–Trinajstić information content (AvgIpc) is 3.01. The zero-order chi connectivity index (χ0) is 17.0.